The summed E-state index contributed by atoms with van der Waals surface area (Å²) < 4.78 is 0. The Morgan fingerprint density at radius 3 is 2.00 bits per heavy atom. The van der Waals surface area contributed by atoms with E-state index in [1.54, 1.807) is 0 Å². The van der Waals surface area contributed by atoms with Crippen molar-refractivity contribution < 1.29 is 5.11 Å². The van der Waals surface area contributed by atoms with Crippen molar-refractivity contribution in [2.24, 2.45) is 5.73 Å². The van der Waals surface area contributed by atoms with Crippen LogP contribution in [0.1, 0.15) is 33.1 Å². The molecule has 2 atom stereocenters. The van der Waals surface area contributed by atoms with Crippen LogP contribution in [0.3, 0.4) is 0 Å². The Morgan fingerprint density at radius 2 is 1.89 bits per heavy atom. The molecule has 1 aliphatic carbocycles. The molecule has 0 aliphatic heterocycles. The standard InChI is InChI=1S/C5H11NO.C2H6/c6-4-1-2-5(7)3-4;1-2/h4-5,7H,1-3,6H2;1-2H3/t4-,5?;/m1./s1. The molecule has 0 saturated heterocycles. The topological polar surface area (TPSA) is 46.2 Å². The summed E-state index contributed by atoms with van der Waals surface area (Å²) in [6.45, 7) is 4.00. The minimum Gasteiger partial charge on any atom is -0.393 e. The molecule has 2 heteroatoms. The zero-order valence-corrected chi connectivity index (χ0v) is 6.30. The average molecular weight is 131 g/mol. The van der Waals surface area contributed by atoms with E-state index >= 15 is 0 Å². The molecule has 1 rings (SSSR count). The molecule has 56 valence electrons. The van der Waals surface area contributed by atoms with Gasteiger partial charge in [0.2, 0.25) is 0 Å². The van der Waals surface area contributed by atoms with Crippen molar-refractivity contribution in [2.75, 3.05) is 0 Å². The van der Waals surface area contributed by atoms with E-state index in [4.69, 9.17) is 10.8 Å². The molecule has 2 nitrogen and oxygen atoms in total. The van der Waals surface area contributed by atoms with Crippen LogP contribution in [-0.4, -0.2) is 17.3 Å². The maximum atomic E-state index is 8.82. The fourth-order valence-corrected chi connectivity index (χ4v) is 0.992. The van der Waals surface area contributed by atoms with Crippen LogP contribution in [0.15, 0.2) is 0 Å². The van der Waals surface area contributed by atoms with Crippen molar-refractivity contribution in [2.45, 2.75) is 45.3 Å². The van der Waals surface area contributed by atoms with Gasteiger partial charge in [0.15, 0.2) is 0 Å². The smallest absolute Gasteiger partial charge is 0.0555 e. The lowest BCUT2D eigenvalue weighted by atomic mass is 10.3. The highest BCUT2D eigenvalue weighted by molar-refractivity contribution is 4.76. The van der Waals surface area contributed by atoms with Gasteiger partial charge in [-0.15, -0.1) is 0 Å². The van der Waals surface area contributed by atoms with Gasteiger partial charge in [0.05, 0.1) is 6.10 Å². The summed E-state index contributed by atoms with van der Waals surface area (Å²) >= 11 is 0. The second-order valence-corrected chi connectivity index (χ2v) is 2.23. The first-order chi connectivity index (χ1) is 4.29. The van der Waals surface area contributed by atoms with Crippen LogP contribution < -0.4 is 5.73 Å². The third-order valence-electron chi connectivity index (χ3n) is 1.45. The zero-order valence-electron chi connectivity index (χ0n) is 6.30. The van der Waals surface area contributed by atoms with Crippen LogP contribution in [0, 0.1) is 0 Å². The van der Waals surface area contributed by atoms with Crippen molar-refractivity contribution in [1.82, 2.24) is 0 Å². The zero-order chi connectivity index (χ0) is 7.28. The van der Waals surface area contributed by atoms with Gasteiger partial charge < -0.3 is 10.8 Å². The highest BCUT2D eigenvalue weighted by Crippen LogP contribution is 2.15. The summed E-state index contributed by atoms with van der Waals surface area (Å²) in [7, 11) is 0. The summed E-state index contributed by atoms with van der Waals surface area (Å²) in [5, 5.41) is 8.82. The van der Waals surface area contributed by atoms with E-state index < -0.39 is 0 Å². The third-order valence-corrected chi connectivity index (χ3v) is 1.45. The average Bonchev–Trinajstić information content (AvgIpc) is 2.20. The molecular weight excluding hydrogens is 114 g/mol. The van der Waals surface area contributed by atoms with Crippen molar-refractivity contribution in [1.29, 1.82) is 0 Å². The van der Waals surface area contributed by atoms with Crippen LogP contribution in [-0.2, 0) is 0 Å². The first kappa shape index (κ1) is 8.92. The monoisotopic (exact) mass is 131 g/mol. The summed E-state index contributed by atoms with van der Waals surface area (Å²) in [6.07, 6.45) is 2.61. The van der Waals surface area contributed by atoms with Crippen LogP contribution in [0.2, 0.25) is 0 Å². The van der Waals surface area contributed by atoms with Crippen LogP contribution >= 0.6 is 0 Å². The highest BCUT2D eigenvalue weighted by atomic mass is 16.3. The number of hydrogen-bond acceptors (Lipinski definition) is 2. The molecule has 1 fully saturated rings. The first-order valence-corrected chi connectivity index (χ1v) is 3.72. The van der Waals surface area contributed by atoms with E-state index in [9.17, 15) is 0 Å². The number of aliphatic hydroxyl groups excluding tert-OH is 1. The Labute approximate surface area is 57.1 Å². The number of hydrogen-bond donors (Lipinski definition) is 2. The molecule has 1 saturated carbocycles. The minimum absolute atomic E-state index is 0.102. The molecule has 0 aromatic carbocycles. The van der Waals surface area contributed by atoms with E-state index in [0.29, 0.717) is 0 Å². The maximum absolute atomic E-state index is 8.82. The largest absolute Gasteiger partial charge is 0.393 e. The predicted octanol–water partition coefficient (Wildman–Crippen LogP) is 0.885. The molecule has 3 N–H and O–H groups in total. The van der Waals surface area contributed by atoms with Gasteiger partial charge in [-0.25, -0.2) is 0 Å². The van der Waals surface area contributed by atoms with E-state index in [1.165, 1.54) is 0 Å². The molecule has 0 aromatic rings. The fourth-order valence-electron chi connectivity index (χ4n) is 0.992. The van der Waals surface area contributed by atoms with Crippen LogP contribution in [0.5, 0.6) is 0 Å². The molecule has 0 amide bonds. The van der Waals surface area contributed by atoms with E-state index in [1.807, 2.05) is 13.8 Å². The van der Waals surface area contributed by atoms with Gasteiger partial charge in [-0.3, -0.25) is 0 Å². The van der Waals surface area contributed by atoms with Gasteiger partial charge in [0.1, 0.15) is 0 Å². The van der Waals surface area contributed by atoms with Crippen molar-refractivity contribution in [3.63, 3.8) is 0 Å². The van der Waals surface area contributed by atoms with Gasteiger partial charge in [-0.2, -0.15) is 0 Å². The van der Waals surface area contributed by atoms with Gasteiger partial charge in [-0.1, -0.05) is 13.8 Å². The Bertz CT molecular complexity index is 57.9. The fraction of sp³-hybridized carbons (Fsp3) is 1.00. The molecule has 9 heavy (non-hydrogen) atoms. The first-order valence-electron chi connectivity index (χ1n) is 3.72. The number of rotatable bonds is 0. The highest BCUT2D eigenvalue weighted by Gasteiger charge is 2.18. The Kier molecular flexibility index (Phi) is 4.72. The second-order valence-electron chi connectivity index (χ2n) is 2.23. The van der Waals surface area contributed by atoms with Gasteiger partial charge >= 0.3 is 0 Å². The molecule has 0 heterocycles. The molecule has 1 unspecified atom stereocenters. The van der Waals surface area contributed by atoms with Crippen LogP contribution in [0.25, 0.3) is 0 Å². The molecule has 0 radical (unpaired) electrons. The number of aliphatic hydroxyl groups is 1. The molecular formula is C7H17NO. The summed E-state index contributed by atoms with van der Waals surface area (Å²) in [5.41, 5.74) is 5.47. The van der Waals surface area contributed by atoms with E-state index in [-0.39, 0.29) is 12.1 Å². The lowest BCUT2D eigenvalue weighted by Gasteiger charge is -1.96. The second kappa shape index (κ2) is 4.77. The molecule has 0 spiro atoms. The summed E-state index contributed by atoms with van der Waals surface area (Å²) in [5.74, 6) is 0. The van der Waals surface area contributed by atoms with E-state index in [2.05, 4.69) is 0 Å². The lowest BCUT2D eigenvalue weighted by Crippen LogP contribution is -2.15. The van der Waals surface area contributed by atoms with E-state index in [0.717, 1.165) is 19.3 Å². The Morgan fingerprint density at radius 1 is 1.33 bits per heavy atom. The summed E-state index contributed by atoms with van der Waals surface area (Å²) in [4.78, 5) is 0. The van der Waals surface area contributed by atoms with Crippen molar-refractivity contribution in [3.8, 4) is 0 Å². The minimum atomic E-state index is -0.102. The third kappa shape index (κ3) is 3.49. The van der Waals surface area contributed by atoms with Gasteiger partial charge in [-0.05, 0) is 19.3 Å². The van der Waals surface area contributed by atoms with Crippen molar-refractivity contribution in [3.05, 3.63) is 0 Å². The lowest BCUT2D eigenvalue weighted by molar-refractivity contribution is 0.181. The van der Waals surface area contributed by atoms with Crippen LogP contribution in [0.4, 0.5) is 0 Å². The summed E-state index contributed by atoms with van der Waals surface area (Å²) in [6, 6.07) is 0.273. The van der Waals surface area contributed by atoms with Gasteiger partial charge in [0.25, 0.3) is 0 Å². The molecule has 0 bridgehead atoms. The molecule has 0 aromatic heterocycles. The van der Waals surface area contributed by atoms with Crippen molar-refractivity contribution >= 4 is 0 Å². The number of nitrogens with two attached hydrogens (primary N) is 1. The Hall–Kier alpha value is -0.0800. The Balaban J connectivity index is 0.000000291. The molecule has 1 aliphatic rings. The maximum Gasteiger partial charge on any atom is 0.0555 e. The SMILES string of the molecule is CC.N[C@@H]1CCC(O)C1. The quantitative estimate of drug-likeness (QED) is 0.512. The normalized spacial score (nSPS) is 33.3. The predicted molar refractivity (Wildman–Crippen MR) is 39.2 cm³/mol. The van der Waals surface area contributed by atoms with Gasteiger partial charge in [0, 0.05) is 6.04 Å².